The lowest BCUT2D eigenvalue weighted by Crippen LogP contribution is -2.22. The zero-order chi connectivity index (χ0) is 18.2. The quantitative estimate of drug-likeness (QED) is 0.321. The minimum absolute atomic E-state index is 0.0127. The lowest BCUT2D eigenvalue weighted by atomic mass is 10.2. The van der Waals surface area contributed by atoms with Crippen LogP contribution in [0, 0.1) is 10.1 Å². The summed E-state index contributed by atoms with van der Waals surface area (Å²) in [6.45, 7) is 8.67. The van der Waals surface area contributed by atoms with E-state index in [1.54, 1.807) is 24.3 Å². The highest BCUT2D eigenvalue weighted by Gasteiger charge is 2.08. The molecule has 1 N–H and O–H groups in total. The fraction of sp³-hybridized carbons (Fsp3) is 0.111. The Kier molecular flexibility index (Phi) is 6.00. The van der Waals surface area contributed by atoms with E-state index >= 15 is 0 Å². The van der Waals surface area contributed by atoms with E-state index in [1.807, 2.05) is 11.0 Å². The Labute approximate surface area is 145 Å². The molecule has 2 aromatic rings. The molecule has 0 saturated heterocycles. The summed E-state index contributed by atoms with van der Waals surface area (Å²) in [6.07, 6.45) is 3.53. The summed E-state index contributed by atoms with van der Waals surface area (Å²) in [6, 6.07) is 10.7. The Morgan fingerprint density at radius 1 is 1.08 bits per heavy atom. The van der Waals surface area contributed by atoms with E-state index in [-0.39, 0.29) is 11.4 Å². The zero-order valence-electron chi connectivity index (χ0n) is 13.6. The van der Waals surface area contributed by atoms with Crippen molar-refractivity contribution >= 4 is 22.7 Å². The van der Waals surface area contributed by atoms with Gasteiger partial charge in [-0.2, -0.15) is 5.11 Å². The number of benzene rings is 2. The van der Waals surface area contributed by atoms with Gasteiger partial charge in [-0.15, -0.1) is 18.3 Å². The molecule has 7 nitrogen and oxygen atoms in total. The number of non-ortho nitro benzene ring substituents is 1. The second kappa shape index (κ2) is 8.39. The van der Waals surface area contributed by atoms with E-state index in [2.05, 4.69) is 23.4 Å². The fourth-order valence-corrected chi connectivity index (χ4v) is 2.14. The maximum Gasteiger partial charge on any atom is 0.269 e. The molecule has 2 aromatic carbocycles. The van der Waals surface area contributed by atoms with Crippen LogP contribution in [0.3, 0.4) is 0 Å². The van der Waals surface area contributed by atoms with Crippen LogP contribution in [0.1, 0.15) is 0 Å². The van der Waals surface area contributed by atoms with Crippen molar-refractivity contribution in [1.29, 1.82) is 0 Å². The standard InChI is InChI=1S/C18H18N4O3/c1-3-11-21(12-4-2)16-9-10-17(18(23)13-16)20-19-14-5-7-15(8-6-14)22(24)25/h3-10,13,23H,1-2,11-12H2. The molecular formula is C18H18N4O3. The number of anilines is 1. The first-order valence-electron chi connectivity index (χ1n) is 7.51. The smallest absolute Gasteiger partial charge is 0.269 e. The number of nitro benzene ring substituents is 1. The number of hydrogen-bond donors (Lipinski definition) is 1. The molecule has 0 fully saturated rings. The number of aromatic hydroxyl groups is 1. The third kappa shape index (κ3) is 4.74. The molecule has 25 heavy (non-hydrogen) atoms. The first kappa shape index (κ1) is 17.9. The highest BCUT2D eigenvalue weighted by atomic mass is 16.6. The molecule has 0 radical (unpaired) electrons. The van der Waals surface area contributed by atoms with Crippen LogP contribution < -0.4 is 4.90 Å². The Morgan fingerprint density at radius 3 is 2.24 bits per heavy atom. The van der Waals surface area contributed by atoms with Crippen LogP contribution in [0.15, 0.2) is 78.0 Å². The van der Waals surface area contributed by atoms with Gasteiger partial charge in [0.25, 0.3) is 5.69 Å². The monoisotopic (exact) mass is 338 g/mol. The molecule has 2 rings (SSSR count). The molecule has 0 aliphatic heterocycles. The number of rotatable bonds is 8. The number of nitrogens with zero attached hydrogens (tertiary/aromatic N) is 4. The minimum atomic E-state index is -0.482. The Balaban J connectivity index is 2.18. The van der Waals surface area contributed by atoms with Crippen LogP contribution in [-0.2, 0) is 0 Å². The molecular weight excluding hydrogens is 320 g/mol. The van der Waals surface area contributed by atoms with E-state index in [0.717, 1.165) is 5.69 Å². The number of phenolic OH excluding ortho intramolecular Hbond substituents is 1. The van der Waals surface area contributed by atoms with Crippen molar-refractivity contribution in [2.75, 3.05) is 18.0 Å². The topological polar surface area (TPSA) is 91.3 Å². The number of hydrogen-bond acceptors (Lipinski definition) is 6. The van der Waals surface area contributed by atoms with Crippen molar-refractivity contribution in [3.8, 4) is 5.75 Å². The van der Waals surface area contributed by atoms with Gasteiger partial charge in [0.15, 0.2) is 0 Å². The Morgan fingerprint density at radius 2 is 1.72 bits per heavy atom. The molecule has 0 saturated carbocycles. The van der Waals surface area contributed by atoms with Crippen LogP contribution in [0.4, 0.5) is 22.7 Å². The molecule has 0 aliphatic rings. The predicted octanol–water partition coefficient (Wildman–Crippen LogP) is 4.89. The van der Waals surface area contributed by atoms with Crippen LogP contribution in [0.2, 0.25) is 0 Å². The summed E-state index contributed by atoms with van der Waals surface area (Å²) < 4.78 is 0. The van der Waals surface area contributed by atoms with Crippen molar-refractivity contribution in [2.24, 2.45) is 10.2 Å². The number of nitro groups is 1. The molecule has 0 unspecified atom stereocenters. The first-order valence-corrected chi connectivity index (χ1v) is 7.51. The molecule has 0 aliphatic carbocycles. The number of phenols is 1. The largest absolute Gasteiger partial charge is 0.506 e. The van der Waals surface area contributed by atoms with Gasteiger partial charge in [0.05, 0.1) is 10.6 Å². The van der Waals surface area contributed by atoms with E-state index in [9.17, 15) is 15.2 Å². The molecule has 0 spiro atoms. The summed E-state index contributed by atoms with van der Waals surface area (Å²) in [5.74, 6) is -0.0127. The molecule has 0 aromatic heterocycles. The molecule has 0 heterocycles. The zero-order valence-corrected chi connectivity index (χ0v) is 13.6. The predicted molar refractivity (Wildman–Crippen MR) is 98.0 cm³/mol. The Hall–Kier alpha value is -3.48. The SMILES string of the molecule is C=CCN(CC=C)c1ccc(N=Nc2ccc([N+](=O)[O-])cc2)c(O)c1. The maximum atomic E-state index is 10.6. The van der Waals surface area contributed by atoms with Gasteiger partial charge in [-0.25, -0.2) is 0 Å². The van der Waals surface area contributed by atoms with Crippen molar-refractivity contribution in [2.45, 2.75) is 0 Å². The summed E-state index contributed by atoms with van der Waals surface area (Å²) in [5, 5.41) is 28.7. The van der Waals surface area contributed by atoms with Crippen LogP contribution in [0.25, 0.3) is 0 Å². The molecule has 128 valence electrons. The van der Waals surface area contributed by atoms with Crippen LogP contribution in [0.5, 0.6) is 5.75 Å². The van der Waals surface area contributed by atoms with Crippen LogP contribution in [-0.4, -0.2) is 23.1 Å². The number of azo groups is 1. The third-order valence-corrected chi connectivity index (χ3v) is 3.36. The minimum Gasteiger partial charge on any atom is -0.506 e. The third-order valence-electron chi connectivity index (χ3n) is 3.36. The second-order valence-corrected chi connectivity index (χ2v) is 5.13. The molecule has 0 bridgehead atoms. The summed E-state index contributed by atoms with van der Waals surface area (Å²) in [5.41, 5.74) is 1.55. The second-order valence-electron chi connectivity index (χ2n) is 5.13. The normalized spacial score (nSPS) is 10.6. The van der Waals surface area contributed by atoms with E-state index < -0.39 is 4.92 Å². The van der Waals surface area contributed by atoms with Crippen molar-refractivity contribution in [3.63, 3.8) is 0 Å². The van der Waals surface area contributed by atoms with Crippen LogP contribution >= 0.6 is 0 Å². The highest BCUT2D eigenvalue weighted by Crippen LogP contribution is 2.32. The lowest BCUT2D eigenvalue weighted by Gasteiger charge is -2.21. The van der Waals surface area contributed by atoms with Gasteiger partial charge in [-0.3, -0.25) is 10.1 Å². The fourth-order valence-electron chi connectivity index (χ4n) is 2.14. The van der Waals surface area contributed by atoms with Crippen molar-refractivity contribution in [1.82, 2.24) is 0 Å². The molecule has 0 amide bonds. The first-order chi connectivity index (χ1) is 12.0. The van der Waals surface area contributed by atoms with Gasteiger partial charge in [0.2, 0.25) is 0 Å². The summed E-state index contributed by atoms with van der Waals surface area (Å²) >= 11 is 0. The van der Waals surface area contributed by atoms with E-state index in [0.29, 0.717) is 24.5 Å². The van der Waals surface area contributed by atoms with Gasteiger partial charge in [0, 0.05) is 37.0 Å². The Bertz CT molecular complexity index is 790. The van der Waals surface area contributed by atoms with Gasteiger partial charge in [-0.1, -0.05) is 12.2 Å². The van der Waals surface area contributed by atoms with Gasteiger partial charge >= 0.3 is 0 Å². The lowest BCUT2D eigenvalue weighted by molar-refractivity contribution is -0.384. The van der Waals surface area contributed by atoms with E-state index in [1.165, 1.54) is 24.3 Å². The van der Waals surface area contributed by atoms with Gasteiger partial charge in [0.1, 0.15) is 11.4 Å². The highest BCUT2D eigenvalue weighted by molar-refractivity contribution is 5.61. The van der Waals surface area contributed by atoms with Gasteiger partial charge < -0.3 is 10.0 Å². The average molecular weight is 338 g/mol. The molecule has 7 heteroatoms. The van der Waals surface area contributed by atoms with Crippen molar-refractivity contribution < 1.29 is 10.0 Å². The summed E-state index contributed by atoms with van der Waals surface area (Å²) in [7, 11) is 0. The van der Waals surface area contributed by atoms with E-state index in [4.69, 9.17) is 0 Å². The van der Waals surface area contributed by atoms with Crippen molar-refractivity contribution in [3.05, 3.63) is 77.9 Å². The average Bonchev–Trinajstić information content (AvgIpc) is 2.61. The molecule has 0 atom stereocenters. The maximum absolute atomic E-state index is 10.6. The van der Waals surface area contributed by atoms with Gasteiger partial charge in [-0.05, 0) is 24.3 Å². The summed E-state index contributed by atoms with van der Waals surface area (Å²) in [4.78, 5) is 12.1.